The molecule has 7 atom stereocenters. The lowest BCUT2D eigenvalue weighted by atomic mass is 9.47. The first-order valence-corrected chi connectivity index (χ1v) is 10.7. The summed E-state index contributed by atoms with van der Waals surface area (Å²) in [4.78, 5) is 36.2. The lowest BCUT2D eigenvalue weighted by Crippen LogP contribution is -2.54. The van der Waals surface area contributed by atoms with E-state index in [2.05, 4.69) is 13.8 Å². The molecule has 0 spiro atoms. The minimum Gasteiger partial charge on any atom is -0.462 e. The van der Waals surface area contributed by atoms with E-state index in [1.165, 1.54) is 19.4 Å². The number of allylic oxidation sites excluding steroid dienone is 1. The number of hydrogen-bond acceptors (Lipinski definition) is 5. The first kappa shape index (κ1) is 19.7. The quantitative estimate of drug-likeness (QED) is 0.669. The number of ether oxygens (including phenoxy) is 2. The van der Waals surface area contributed by atoms with Crippen molar-refractivity contribution in [3.63, 3.8) is 0 Å². The third-order valence-corrected chi connectivity index (χ3v) is 8.45. The Bertz CT molecular complexity index is 739. The molecule has 5 heteroatoms. The number of esters is 2. The van der Waals surface area contributed by atoms with Crippen molar-refractivity contribution in [2.75, 3.05) is 0 Å². The van der Waals surface area contributed by atoms with Crippen molar-refractivity contribution in [3.8, 4) is 0 Å². The second-order valence-electron chi connectivity index (χ2n) is 9.92. The molecule has 3 saturated carbocycles. The van der Waals surface area contributed by atoms with Crippen LogP contribution >= 0.6 is 0 Å². The van der Waals surface area contributed by atoms with Gasteiger partial charge in [-0.25, -0.2) is 0 Å². The van der Waals surface area contributed by atoms with Gasteiger partial charge >= 0.3 is 11.9 Å². The van der Waals surface area contributed by atoms with E-state index in [-0.39, 0.29) is 52.6 Å². The normalized spacial score (nSPS) is 44.6. The van der Waals surface area contributed by atoms with Crippen molar-refractivity contribution in [1.29, 1.82) is 0 Å². The smallest absolute Gasteiger partial charge is 0.302 e. The fourth-order valence-electron chi connectivity index (χ4n) is 7.05. The summed E-state index contributed by atoms with van der Waals surface area (Å²) < 4.78 is 11.1. The van der Waals surface area contributed by atoms with E-state index in [1.807, 2.05) is 6.08 Å². The topological polar surface area (TPSA) is 69.7 Å². The lowest BCUT2D eigenvalue weighted by Gasteiger charge is -2.56. The highest BCUT2D eigenvalue weighted by atomic mass is 16.5. The van der Waals surface area contributed by atoms with E-state index < -0.39 is 0 Å². The van der Waals surface area contributed by atoms with E-state index in [9.17, 15) is 14.4 Å². The van der Waals surface area contributed by atoms with Gasteiger partial charge in [-0.3, -0.25) is 14.4 Å². The van der Waals surface area contributed by atoms with Crippen LogP contribution < -0.4 is 0 Å². The predicted octanol–water partition coefficient (Wildman–Crippen LogP) is 3.99. The number of hydrogen-bond donors (Lipinski definition) is 0. The molecule has 0 heterocycles. The average Bonchev–Trinajstić information content (AvgIpc) is 2.92. The third kappa shape index (κ3) is 2.93. The van der Waals surface area contributed by atoms with Crippen molar-refractivity contribution >= 4 is 17.7 Å². The van der Waals surface area contributed by atoms with Gasteiger partial charge < -0.3 is 9.47 Å². The molecule has 154 valence electrons. The zero-order chi connectivity index (χ0) is 20.3. The highest BCUT2D eigenvalue weighted by Gasteiger charge is 2.61. The van der Waals surface area contributed by atoms with Crippen molar-refractivity contribution in [2.24, 2.45) is 28.6 Å². The van der Waals surface area contributed by atoms with Gasteiger partial charge in [0.1, 0.15) is 12.2 Å². The van der Waals surface area contributed by atoms with Crippen LogP contribution in [0.2, 0.25) is 0 Å². The number of carbonyl (C=O) groups excluding carboxylic acids is 3. The average molecular weight is 389 g/mol. The molecule has 5 nitrogen and oxygen atoms in total. The van der Waals surface area contributed by atoms with E-state index >= 15 is 0 Å². The van der Waals surface area contributed by atoms with Crippen LogP contribution in [0.4, 0.5) is 0 Å². The minimum atomic E-state index is -0.245. The van der Waals surface area contributed by atoms with E-state index in [0.717, 1.165) is 38.5 Å². The van der Waals surface area contributed by atoms with Crippen molar-refractivity contribution < 1.29 is 23.9 Å². The number of carbonyl (C=O) groups is 3. The number of ketones is 1. The van der Waals surface area contributed by atoms with Gasteiger partial charge in [-0.05, 0) is 61.9 Å². The molecule has 4 aliphatic rings. The molecule has 0 saturated heterocycles. The Hall–Kier alpha value is -1.65. The van der Waals surface area contributed by atoms with Crippen molar-refractivity contribution in [3.05, 3.63) is 11.6 Å². The van der Waals surface area contributed by atoms with E-state index in [1.54, 1.807) is 0 Å². The molecular formula is C23H32O5. The summed E-state index contributed by atoms with van der Waals surface area (Å²) in [7, 11) is 0. The second-order valence-corrected chi connectivity index (χ2v) is 9.92. The molecule has 4 rings (SSSR count). The summed E-state index contributed by atoms with van der Waals surface area (Å²) in [5.41, 5.74) is 1.09. The molecule has 0 radical (unpaired) electrons. The van der Waals surface area contributed by atoms with Gasteiger partial charge in [0.25, 0.3) is 0 Å². The van der Waals surface area contributed by atoms with Crippen LogP contribution in [-0.2, 0) is 23.9 Å². The molecule has 0 unspecified atom stereocenters. The highest BCUT2D eigenvalue weighted by Crippen LogP contribution is 2.64. The fourth-order valence-corrected chi connectivity index (χ4v) is 7.05. The van der Waals surface area contributed by atoms with Crippen LogP contribution in [0.3, 0.4) is 0 Å². The molecule has 0 bridgehead atoms. The zero-order valence-electron chi connectivity index (χ0n) is 17.5. The maximum Gasteiger partial charge on any atom is 0.302 e. The second kappa shape index (κ2) is 6.70. The van der Waals surface area contributed by atoms with Crippen LogP contribution in [0.5, 0.6) is 0 Å². The Balaban J connectivity index is 1.62. The third-order valence-electron chi connectivity index (χ3n) is 8.45. The van der Waals surface area contributed by atoms with E-state index in [4.69, 9.17) is 9.47 Å². The first-order valence-electron chi connectivity index (χ1n) is 10.7. The Morgan fingerprint density at radius 2 is 1.68 bits per heavy atom. The minimum absolute atomic E-state index is 0.01000. The van der Waals surface area contributed by atoms with Gasteiger partial charge in [-0.1, -0.05) is 19.4 Å². The monoisotopic (exact) mass is 388 g/mol. The van der Waals surface area contributed by atoms with E-state index in [0.29, 0.717) is 12.3 Å². The van der Waals surface area contributed by atoms with Gasteiger partial charge in [0.15, 0.2) is 5.78 Å². The van der Waals surface area contributed by atoms with Crippen LogP contribution in [0.1, 0.15) is 72.6 Å². The molecule has 28 heavy (non-hydrogen) atoms. The van der Waals surface area contributed by atoms with Gasteiger partial charge in [-0.2, -0.15) is 0 Å². The maximum atomic E-state index is 13.3. The summed E-state index contributed by atoms with van der Waals surface area (Å²) in [6.07, 6.45) is 8.02. The molecule has 0 amide bonds. The fraction of sp³-hybridized carbons (Fsp3) is 0.783. The van der Waals surface area contributed by atoms with Gasteiger partial charge in [0.2, 0.25) is 0 Å². The summed E-state index contributed by atoms with van der Waals surface area (Å²) in [5, 5.41) is 0. The SMILES string of the molecule is CC(=O)O[C@@H]1CC[C@@]2(C)C(=CC(=O)[C@H]3[C@H]2CC[C@]2(C)[C@H](OC(C)=O)CC[C@@H]32)C1. The molecule has 0 aliphatic heterocycles. The highest BCUT2D eigenvalue weighted by molar-refractivity contribution is 5.94. The molecule has 0 N–H and O–H groups in total. The predicted molar refractivity (Wildman–Crippen MR) is 103 cm³/mol. The molecule has 4 aliphatic carbocycles. The van der Waals surface area contributed by atoms with Crippen molar-refractivity contribution in [1.82, 2.24) is 0 Å². The largest absolute Gasteiger partial charge is 0.462 e. The molecule has 3 fully saturated rings. The lowest BCUT2D eigenvalue weighted by molar-refractivity contribution is -0.158. The molecule has 0 aromatic heterocycles. The molecule has 0 aromatic carbocycles. The summed E-state index contributed by atoms with van der Waals surface area (Å²) >= 11 is 0. The Kier molecular flexibility index (Phi) is 4.71. The summed E-state index contributed by atoms with van der Waals surface area (Å²) in [5.74, 6) is 0.419. The summed E-state index contributed by atoms with van der Waals surface area (Å²) in [6.45, 7) is 7.46. The maximum absolute atomic E-state index is 13.3. The van der Waals surface area contributed by atoms with Crippen LogP contribution in [0.25, 0.3) is 0 Å². The first-order chi connectivity index (χ1) is 13.1. The standard InChI is InChI=1S/C23H32O5/c1-13(24)27-16-7-9-22(3)15(11-16)12-19(26)21-17-5-6-20(28-14(2)25)23(17,4)10-8-18(21)22/h12,16-18,20-21H,5-11H2,1-4H3/t16-,17+,18-,20-,21-,22+,23+/m1/s1. The van der Waals surface area contributed by atoms with Crippen molar-refractivity contribution in [2.45, 2.75) is 84.8 Å². The number of fused-ring (bicyclic) bond motifs is 5. The molecular weight excluding hydrogens is 356 g/mol. The molecule has 0 aromatic rings. The van der Waals surface area contributed by atoms with Gasteiger partial charge in [0.05, 0.1) is 0 Å². The summed E-state index contributed by atoms with van der Waals surface area (Å²) in [6, 6.07) is 0. The van der Waals surface area contributed by atoms with Crippen LogP contribution in [-0.4, -0.2) is 29.9 Å². The van der Waals surface area contributed by atoms with Gasteiger partial charge in [-0.15, -0.1) is 0 Å². The number of rotatable bonds is 2. The zero-order valence-corrected chi connectivity index (χ0v) is 17.5. The van der Waals surface area contributed by atoms with Crippen LogP contribution in [0.15, 0.2) is 11.6 Å². The van der Waals surface area contributed by atoms with Crippen LogP contribution in [0, 0.1) is 28.6 Å². The Labute approximate surface area is 167 Å². The Morgan fingerprint density at radius 1 is 0.964 bits per heavy atom. The van der Waals surface area contributed by atoms with Gasteiger partial charge in [0, 0.05) is 31.6 Å². The Morgan fingerprint density at radius 3 is 2.36 bits per heavy atom.